The lowest BCUT2D eigenvalue weighted by molar-refractivity contribution is -0.151. The van der Waals surface area contributed by atoms with Crippen molar-refractivity contribution in [1.82, 2.24) is 14.9 Å². The lowest BCUT2D eigenvalue weighted by atomic mass is 9.91. The zero-order valence-electron chi connectivity index (χ0n) is 24.7. The van der Waals surface area contributed by atoms with E-state index >= 15 is 4.39 Å². The quantitative estimate of drug-likeness (QED) is 0.384. The molecule has 0 unspecified atom stereocenters. The summed E-state index contributed by atoms with van der Waals surface area (Å²) < 4.78 is 40.7. The van der Waals surface area contributed by atoms with E-state index < -0.39 is 17.6 Å². The van der Waals surface area contributed by atoms with Gasteiger partial charge in [0.25, 0.3) is 0 Å². The average Bonchev–Trinajstić information content (AvgIpc) is 3.00. The molecule has 9 nitrogen and oxygen atoms in total. The molecule has 3 aliphatic rings. The molecule has 5 heterocycles. The van der Waals surface area contributed by atoms with Gasteiger partial charge in [-0.05, 0) is 56.9 Å². The number of carboxylic acids is 1. The van der Waals surface area contributed by atoms with Crippen LogP contribution in [0.2, 0.25) is 0 Å². The molecule has 2 aromatic heterocycles. The van der Waals surface area contributed by atoms with E-state index in [9.17, 15) is 19.1 Å². The molecule has 1 amide bonds. The number of benzene rings is 1. The zero-order valence-corrected chi connectivity index (χ0v) is 24.7. The SMILES string of the molecule is Cc1nc(C2CCN(C(=O)C3COC3)CC2)ccc1COc1c(F)cc(F)cc1-c1cccc(N2CCC(C(=O)O)CC2)n1. The van der Waals surface area contributed by atoms with Crippen molar-refractivity contribution < 1.29 is 33.0 Å². The molecule has 3 fully saturated rings. The molecule has 0 radical (unpaired) electrons. The van der Waals surface area contributed by atoms with Crippen molar-refractivity contribution in [1.29, 1.82) is 0 Å². The number of carbonyl (C=O) groups is 2. The maximum atomic E-state index is 15.1. The molecule has 0 saturated carbocycles. The van der Waals surface area contributed by atoms with Gasteiger partial charge in [0.15, 0.2) is 11.6 Å². The molecular formula is C33H36F2N4O5. The molecule has 0 bridgehead atoms. The molecular weight excluding hydrogens is 570 g/mol. The van der Waals surface area contributed by atoms with Crippen molar-refractivity contribution in [2.45, 2.75) is 45.1 Å². The number of anilines is 1. The van der Waals surface area contributed by atoms with Gasteiger partial charge in [0.1, 0.15) is 18.2 Å². The summed E-state index contributed by atoms with van der Waals surface area (Å²) in [5.74, 6) is -1.79. The minimum atomic E-state index is -0.827. The van der Waals surface area contributed by atoms with Gasteiger partial charge in [0, 0.05) is 60.7 Å². The maximum absolute atomic E-state index is 15.1. The molecule has 6 rings (SSSR count). The normalized spacial score (nSPS) is 18.2. The number of nitrogens with zero attached hydrogens (tertiary/aromatic N) is 4. The van der Waals surface area contributed by atoms with Crippen LogP contribution in [0.25, 0.3) is 11.3 Å². The summed E-state index contributed by atoms with van der Waals surface area (Å²) in [4.78, 5) is 37.3. The predicted octanol–water partition coefficient (Wildman–Crippen LogP) is 4.96. The standard InChI is InChI=1S/C33H36F2N4O5/c1-20-23(5-6-28(36-20)21-7-13-39(14-8-21)32(40)24-17-43-18-24)19-44-31-26(15-25(34)16-27(31)35)29-3-2-4-30(37-29)38-11-9-22(10-12-38)33(41)42/h2-6,15-16,21-22,24H,7-14,17-19H2,1H3,(H,41,42). The maximum Gasteiger partial charge on any atom is 0.306 e. The topological polar surface area (TPSA) is 105 Å². The number of ether oxygens (including phenoxy) is 2. The summed E-state index contributed by atoms with van der Waals surface area (Å²) in [7, 11) is 0. The van der Waals surface area contributed by atoms with E-state index in [2.05, 4.69) is 4.98 Å². The Hall–Kier alpha value is -4.12. The Morgan fingerprint density at radius 1 is 0.977 bits per heavy atom. The van der Waals surface area contributed by atoms with Crippen molar-refractivity contribution in [3.8, 4) is 17.0 Å². The van der Waals surface area contributed by atoms with Crippen LogP contribution in [0.15, 0.2) is 42.5 Å². The summed E-state index contributed by atoms with van der Waals surface area (Å²) in [5.41, 5.74) is 3.07. The van der Waals surface area contributed by atoms with Crippen LogP contribution in [0, 0.1) is 30.4 Å². The number of halogens is 2. The molecule has 11 heteroatoms. The highest BCUT2D eigenvalue weighted by molar-refractivity contribution is 5.80. The van der Waals surface area contributed by atoms with E-state index in [-0.39, 0.29) is 41.6 Å². The lowest BCUT2D eigenvalue weighted by Gasteiger charge is -2.36. The van der Waals surface area contributed by atoms with Crippen LogP contribution in [0.4, 0.5) is 14.6 Å². The number of hydrogen-bond donors (Lipinski definition) is 1. The number of amides is 1. The molecule has 0 spiro atoms. The molecule has 3 aliphatic heterocycles. The van der Waals surface area contributed by atoms with Crippen molar-refractivity contribution in [3.63, 3.8) is 0 Å². The number of aliphatic carboxylic acids is 1. The second-order valence-electron chi connectivity index (χ2n) is 11.8. The summed E-state index contributed by atoms with van der Waals surface area (Å²) >= 11 is 0. The van der Waals surface area contributed by atoms with Gasteiger partial charge in [-0.2, -0.15) is 0 Å². The predicted molar refractivity (Wildman–Crippen MR) is 158 cm³/mol. The fraction of sp³-hybridized carbons (Fsp3) is 0.455. The minimum absolute atomic E-state index is 0.000575. The van der Waals surface area contributed by atoms with Gasteiger partial charge >= 0.3 is 5.97 Å². The summed E-state index contributed by atoms with van der Waals surface area (Å²) in [5, 5.41) is 9.30. The van der Waals surface area contributed by atoms with Crippen LogP contribution in [0.5, 0.6) is 5.75 Å². The second-order valence-corrected chi connectivity index (χ2v) is 11.8. The van der Waals surface area contributed by atoms with E-state index in [1.807, 2.05) is 34.9 Å². The number of pyridine rings is 2. The van der Waals surface area contributed by atoms with E-state index in [1.165, 1.54) is 6.07 Å². The van der Waals surface area contributed by atoms with Gasteiger partial charge in [-0.1, -0.05) is 12.1 Å². The molecule has 232 valence electrons. The van der Waals surface area contributed by atoms with Crippen molar-refractivity contribution in [2.75, 3.05) is 44.3 Å². The van der Waals surface area contributed by atoms with E-state index in [4.69, 9.17) is 14.5 Å². The molecule has 3 aromatic rings. The van der Waals surface area contributed by atoms with Gasteiger partial charge in [0.2, 0.25) is 5.91 Å². The number of rotatable bonds is 8. The van der Waals surface area contributed by atoms with E-state index in [0.717, 1.165) is 35.9 Å². The van der Waals surface area contributed by atoms with Crippen LogP contribution in [-0.4, -0.2) is 71.2 Å². The molecule has 0 aliphatic carbocycles. The molecule has 1 aromatic carbocycles. The highest BCUT2D eigenvalue weighted by atomic mass is 19.1. The summed E-state index contributed by atoms with van der Waals surface area (Å²) in [6, 6.07) is 11.2. The smallest absolute Gasteiger partial charge is 0.306 e. The Bertz CT molecular complexity index is 1530. The lowest BCUT2D eigenvalue weighted by Crippen LogP contribution is -2.47. The second kappa shape index (κ2) is 12.9. The molecule has 3 saturated heterocycles. The van der Waals surface area contributed by atoms with E-state index in [1.54, 1.807) is 12.1 Å². The van der Waals surface area contributed by atoms with E-state index in [0.29, 0.717) is 63.7 Å². The first-order chi connectivity index (χ1) is 21.3. The summed E-state index contributed by atoms with van der Waals surface area (Å²) in [6.45, 7) is 5.43. The number of carboxylic acid groups (broad SMARTS) is 1. The van der Waals surface area contributed by atoms with Crippen LogP contribution < -0.4 is 9.64 Å². The highest BCUT2D eigenvalue weighted by Gasteiger charge is 2.33. The van der Waals surface area contributed by atoms with Crippen LogP contribution in [0.1, 0.15) is 48.6 Å². The average molecular weight is 607 g/mol. The van der Waals surface area contributed by atoms with Gasteiger partial charge in [-0.15, -0.1) is 0 Å². The molecule has 0 atom stereocenters. The Labute approximate surface area is 254 Å². The Balaban J connectivity index is 1.13. The van der Waals surface area contributed by atoms with Gasteiger partial charge in [-0.3, -0.25) is 14.6 Å². The Morgan fingerprint density at radius 2 is 1.73 bits per heavy atom. The third kappa shape index (κ3) is 6.38. The number of hydrogen-bond acceptors (Lipinski definition) is 7. The first-order valence-corrected chi connectivity index (χ1v) is 15.2. The van der Waals surface area contributed by atoms with Gasteiger partial charge < -0.3 is 24.4 Å². The van der Waals surface area contributed by atoms with Gasteiger partial charge in [0.05, 0.1) is 30.7 Å². The highest BCUT2D eigenvalue weighted by Crippen LogP contribution is 2.35. The van der Waals surface area contributed by atoms with Crippen molar-refractivity contribution in [2.24, 2.45) is 11.8 Å². The third-order valence-corrected chi connectivity index (χ3v) is 8.99. The van der Waals surface area contributed by atoms with Crippen LogP contribution in [0.3, 0.4) is 0 Å². The van der Waals surface area contributed by atoms with Crippen LogP contribution in [-0.2, 0) is 20.9 Å². The largest absolute Gasteiger partial charge is 0.485 e. The monoisotopic (exact) mass is 606 g/mol. The van der Waals surface area contributed by atoms with Gasteiger partial charge in [-0.25, -0.2) is 13.8 Å². The third-order valence-electron chi connectivity index (χ3n) is 8.99. The van der Waals surface area contributed by atoms with Crippen molar-refractivity contribution in [3.05, 3.63) is 71.1 Å². The minimum Gasteiger partial charge on any atom is -0.485 e. The van der Waals surface area contributed by atoms with Crippen LogP contribution >= 0.6 is 0 Å². The number of aromatic nitrogens is 2. The Kier molecular flexibility index (Phi) is 8.74. The first kappa shape index (κ1) is 29.9. The fourth-order valence-electron chi connectivity index (χ4n) is 6.17. The number of piperidine rings is 2. The number of aryl methyl sites for hydroxylation is 1. The number of likely N-dealkylation sites (tertiary alicyclic amines) is 1. The Morgan fingerprint density at radius 3 is 2.39 bits per heavy atom. The molecule has 44 heavy (non-hydrogen) atoms. The zero-order chi connectivity index (χ0) is 30.8. The first-order valence-electron chi connectivity index (χ1n) is 15.2. The summed E-state index contributed by atoms with van der Waals surface area (Å²) in [6.07, 6.45) is 2.70. The number of carbonyl (C=O) groups excluding carboxylic acids is 1. The molecule has 1 N–H and O–H groups in total. The fourth-order valence-corrected chi connectivity index (χ4v) is 6.17. The van der Waals surface area contributed by atoms with Crippen molar-refractivity contribution >= 4 is 17.7 Å².